The number of nitrogens with zero attached hydrogens (tertiary/aromatic N) is 3. The van der Waals surface area contributed by atoms with Crippen molar-refractivity contribution in [2.24, 2.45) is 0 Å². The maximum atomic E-state index is 13.8. The highest BCUT2D eigenvalue weighted by Crippen LogP contribution is 2.33. The lowest BCUT2D eigenvalue weighted by atomic mass is 10.0. The van der Waals surface area contributed by atoms with Crippen LogP contribution in [-0.4, -0.2) is 27.6 Å². The molecule has 170 valence electrons. The molecule has 0 aliphatic heterocycles. The van der Waals surface area contributed by atoms with Crippen LogP contribution in [0.1, 0.15) is 27.3 Å². The second-order valence-electron chi connectivity index (χ2n) is 7.42. The number of nitrogens with one attached hydrogen (secondary N) is 1. The molecule has 1 amide bonds. The van der Waals surface area contributed by atoms with Gasteiger partial charge in [-0.25, -0.2) is 9.50 Å². The first-order chi connectivity index (χ1) is 15.6. The molecule has 0 aliphatic carbocycles. The van der Waals surface area contributed by atoms with Crippen LogP contribution in [0, 0.1) is 13.8 Å². The fourth-order valence-corrected chi connectivity index (χ4v) is 3.47. The molecular formula is C23H18ClF3N4O2. The summed E-state index contributed by atoms with van der Waals surface area (Å²) in [7, 11) is 1.41. The number of alkyl halides is 3. The van der Waals surface area contributed by atoms with Gasteiger partial charge in [0.05, 0.1) is 18.5 Å². The molecule has 0 aliphatic rings. The molecule has 1 N–H and O–H groups in total. The lowest BCUT2D eigenvalue weighted by Crippen LogP contribution is -2.16. The van der Waals surface area contributed by atoms with Gasteiger partial charge >= 0.3 is 6.18 Å². The summed E-state index contributed by atoms with van der Waals surface area (Å²) in [4.78, 5) is 17.1. The minimum absolute atomic E-state index is 0.110. The van der Waals surface area contributed by atoms with Gasteiger partial charge in [-0.05, 0) is 55.3 Å². The molecule has 0 bridgehead atoms. The fraction of sp³-hybridized carbons (Fsp3) is 0.174. The number of ether oxygens (including phenoxy) is 1. The number of methoxy groups -OCH3 is 1. The molecule has 0 saturated carbocycles. The molecule has 2 aromatic carbocycles. The van der Waals surface area contributed by atoms with Crippen LogP contribution in [0.25, 0.3) is 16.9 Å². The SMILES string of the molecule is COc1ccc(Cl)cc1NC(=O)c1cc2nc(-c3ccc(C)c(C)c3)cc(C(F)(F)F)n2n1. The average molecular weight is 475 g/mol. The Morgan fingerprint density at radius 1 is 1.06 bits per heavy atom. The van der Waals surface area contributed by atoms with E-state index in [1.807, 2.05) is 19.9 Å². The van der Waals surface area contributed by atoms with Gasteiger partial charge in [-0.1, -0.05) is 23.7 Å². The normalized spacial score (nSPS) is 11.6. The van der Waals surface area contributed by atoms with Gasteiger partial charge in [0.15, 0.2) is 17.0 Å². The number of fused-ring (bicyclic) bond motifs is 1. The molecule has 0 saturated heterocycles. The van der Waals surface area contributed by atoms with Gasteiger partial charge in [-0.3, -0.25) is 4.79 Å². The molecule has 2 heterocycles. The molecule has 33 heavy (non-hydrogen) atoms. The first kappa shape index (κ1) is 22.6. The zero-order valence-electron chi connectivity index (χ0n) is 17.8. The number of aromatic nitrogens is 3. The molecule has 0 radical (unpaired) electrons. The molecule has 10 heteroatoms. The minimum Gasteiger partial charge on any atom is -0.495 e. The van der Waals surface area contributed by atoms with Gasteiger partial charge in [0.25, 0.3) is 5.91 Å². The highest BCUT2D eigenvalue weighted by molar-refractivity contribution is 6.31. The van der Waals surface area contributed by atoms with Crippen molar-refractivity contribution < 1.29 is 22.7 Å². The first-order valence-corrected chi connectivity index (χ1v) is 10.1. The van der Waals surface area contributed by atoms with Crippen molar-refractivity contribution in [3.63, 3.8) is 0 Å². The lowest BCUT2D eigenvalue weighted by Gasteiger charge is -2.12. The quantitative estimate of drug-likeness (QED) is 0.397. The van der Waals surface area contributed by atoms with Crippen molar-refractivity contribution in [3.8, 4) is 17.0 Å². The standard InChI is InChI=1S/C23H18ClF3N4O2/c1-12-4-5-14(8-13(12)2)16-10-20(23(25,26)27)31-21(28-16)11-18(30-31)22(32)29-17-9-15(24)6-7-19(17)33-3/h4-11H,1-3H3,(H,29,32). The smallest absolute Gasteiger partial charge is 0.433 e. The van der Waals surface area contributed by atoms with E-state index in [-0.39, 0.29) is 22.7 Å². The Kier molecular flexibility index (Phi) is 5.75. The Morgan fingerprint density at radius 3 is 2.48 bits per heavy atom. The largest absolute Gasteiger partial charge is 0.495 e. The molecule has 2 aromatic heterocycles. The molecule has 0 unspecified atom stereocenters. The van der Waals surface area contributed by atoms with E-state index < -0.39 is 17.8 Å². The predicted molar refractivity (Wildman–Crippen MR) is 119 cm³/mol. The first-order valence-electron chi connectivity index (χ1n) is 9.77. The minimum atomic E-state index is -4.72. The van der Waals surface area contributed by atoms with Crippen molar-refractivity contribution in [2.45, 2.75) is 20.0 Å². The van der Waals surface area contributed by atoms with E-state index in [4.69, 9.17) is 16.3 Å². The third-order valence-corrected chi connectivity index (χ3v) is 5.40. The van der Waals surface area contributed by atoms with E-state index in [1.165, 1.54) is 19.2 Å². The fourth-order valence-electron chi connectivity index (χ4n) is 3.30. The van der Waals surface area contributed by atoms with Crippen molar-refractivity contribution in [3.05, 3.63) is 76.1 Å². The van der Waals surface area contributed by atoms with Crippen LogP contribution in [-0.2, 0) is 6.18 Å². The van der Waals surface area contributed by atoms with Crippen LogP contribution >= 0.6 is 11.6 Å². The summed E-state index contributed by atoms with van der Waals surface area (Å²) in [6.07, 6.45) is -4.72. The molecule has 6 nitrogen and oxygen atoms in total. The second-order valence-corrected chi connectivity index (χ2v) is 7.86. The third-order valence-electron chi connectivity index (χ3n) is 5.16. The summed E-state index contributed by atoms with van der Waals surface area (Å²) in [5, 5.41) is 6.78. The monoisotopic (exact) mass is 474 g/mol. The van der Waals surface area contributed by atoms with Crippen LogP contribution in [0.4, 0.5) is 18.9 Å². The number of benzene rings is 2. The van der Waals surface area contributed by atoms with Crippen LogP contribution < -0.4 is 10.1 Å². The van der Waals surface area contributed by atoms with E-state index in [0.717, 1.165) is 17.2 Å². The van der Waals surface area contributed by atoms with Gasteiger partial charge in [-0.2, -0.15) is 18.3 Å². The number of hydrogen-bond acceptors (Lipinski definition) is 4. The van der Waals surface area contributed by atoms with Crippen molar-refractivity contribution in [1.82, 2.24) is 14.6 Å². The van der Waals surface area contributed by atoms with Crippen LogP contribution in [0.3, 0.4) is 0 Å². The van der Waals surface area contributed by atoms with Gasteiger partial charge in [-0.15, -0.1) is 0 Å². The third kappa shape index (κ3) is 4.49. The Labute approximate surface area is 192 Å². The lowest BCUT2D eigenvalue weighted by molar-refractivity contribution is -0.142. The molecule has 0 spiro atoms. The van der Waals surface area contributed by atoms with Crippen LogP contribution in [0.5, 0.6) is 5.75 Å². The van der Waals surface area contributed by atoms with E-state index in [1.54, 1.807) is 24.3 Å². The Hall–Kier alpha value is -3.59. The van der Waals surface area contributed by atoms with E-state index >= 15 is 0 Å². The van der Waals surface area contributed by atoms with Gasteiger partial charge < -0.3 is 10.1 Å². The van der Waals surface area contributed by atoms with Crippen molar-refractivity contribution in [1.29, 1.82) is 0 Å². The zero-order chi connectivity index (χ0) is 23.9. The summed E-state index contributed by atoms with van der Waals surface area (Å²) in [5.74, 6) is -0.399. The molecular weight excluding hydrogens is 457 g/mol. The predicted octanol–water partition coefficient (Wildman–Crippen LogP) is 5.95. The summed E-state index contributed by atoms with van der Waals surface area (Å²) in [5.41, 5.74) is 1.45. The maximum absolute atomic E-state index is 13.8. The van der Waals surface area contributed by atoms with E-state index in [0.29, 0.717) is 20.9 Å². The number of aryl methyl sites for hydroxylation is 2. The van der Waals surface area contributed by atoms with Crippen LogP contribution in [0.2, 0.25) is 5.02 Å². The van der Waals surface area contributed by atoms with E-state index in [9.17, 15) is 18.0 Å². The van der Waals surface area contributed by atoms with Gasteiger partial charge in [0.2, 0.25) is 0 Å². The van der Waals surface area contributed by atoms with Crippen molar-refractivity contribution >= 4 is 28.8 Å². The number of halogens is 4. The van der Waals surface area contributed by atoms with E-state index in [2.05, 4.69) is 15.4 Å². The number of anilines is 1. The molecule has 4 rings (SSSR count). The average Bonchev–Trinajstić information content (AvgIpc) is 3.19. The van der Waals surface area contributed by atoms with Gasteiger partial charge in [0.1, 0.15) is 5.75 Å². The Balaban J connectivity index is 1.80. The molecule has 4 aromatic rings. The summed E-state index contributed by atoms with van der Waals surface area (Å²) in [6, 6.07) is 12.0. The van der Waals surface area contributed by atoms with Gasteiger partial charge in [0, 0.05) is 16.7 Å². The number of amides is 1. The Bertz CT molecular complexity index is 1380. The molecule has 0 fully saturated rings. The number of carbonyl (C=O) groups excluding carboxylic acids is 1. The van der Waals surface area contributed by atoms with Crippen molar-refractivity contribution in [2.75, 3.05) is 12.4 Å². The highest BCUT2D eigenvalue weighted by Gasteiger charge is 2.35. The second kappa shape index (κ2) is 8.40. The number of rotatable bonds is 4. The number of hydrogen-bond donors (Lipinski definition) is 1. The zero-order valence-corrected chi connectivity index (χ0v) is 18.5. The maximum Gasteiger partial charge on any atom is 0.433 e. The highest BCUT2D eigenvalue weighted by atomic mass is 35.5. The Morgan fingerprint density at radius 2 is 1.82 bits per heavy atom. The molecule has 0 atom stereocenters. The summed E-state index contributed by atoms with van der Waals surface area (Å²) < 4.78 is 47.3. The summed E-state index contributed by atoms with van der Waals surface area (Å²) >= 11 is 5.97. The van der Waals surface area contributed by atoms with Crippen LogP contribution in [0.15, 0.2) is 48.5 Å². The topological polar surface area (TPSA) is 68.5 Å². The number of carbonyl (C=O) groups is 1. The summed E-state index contributed by atoms with van der Waals surface area (Å²) in [6.45, 7) is 3.78.